The first-order valence-corrected chi connectivity index (χ1v) is 5.56. The quantitative estimate of drug-likeness (QED) is 0.894. The normalized spacial score (nSPS) is 13.0. The summed E-state index contributed by atoms with van der Waals surface area (Å²) in [5.41, 5.74) is 10.7. The van der Waals surface area contributed by atoms with Gasteiger partial charge in [-0.3, -0.25) is 0 Å². The summed E-state index contributed by atoms with van der Waals surface area (Å²) in [6, 6.07) is 2.65. The molecule has 0 aliphatic heterocycles. The smallest absolute Gasteiger partial charge is 0.330 e. The summed E-state index contributed by atoms with van der Waals surface area (Å²) in [7, 11) is 0. The number of benzene rings is 1. The van der Waals surface area contributed by atoms with Crippen molar-refractivity contribution in [2.75, 3.05) is 6.54 Å². The molecule has 2 nitrogen and oxygen atoms in total. The third-order valence-corrected chi connectivity index (χ3v) is 2.79. The van der Waals surface area contributed by atoms with Gasteiger partial charge in [-0.2, -0.15) is 13.2 Å². The summed E-state index contributed by atoms with van der Waals surface area (Å²) < 4.78 is 37.5. The second-order valence-electron chi connectivity index (χ2n) is 3.77. The van der Waals surface area contributed by atoms with Gasteiger partial charge in [-0.05, 0) is 43.1 Å². The molecule has 0 radical (unpaired) electrons. The Kier molecular flexibility index (Phi) is 6.99. The maximum Gasteiger partial charge on any atom is 0.416 e. The molecule has 0 aliphatic rings. The Balaban J connectivity index is 0.00000289. The largest absolute Gasteiger partial charge is 0.416 e. The molecule has 1 aromatic carbocycles. The van der Waals surface area contributed by atoms with Gasteiger partial charge in [0.15, 0.2) is 0 Å². The molecule has 4 N–H and O–H groups in total. The van der Waals surface area contributed by atoms with Crippen molar-refractivity contribution in [3.05, 3.63) is 34.3 Å². The molecule has 0 fully saturated rings. The fourth-order valence-corrected chi connectivity index (χ4v) is 1.76. The van der Waals surface area contributed by atoms with Crippen molar-refractivity contribution >= 4 is 24.0 Å². The Labute approximate surface area is 115 Å². The molecule has 1 atom stereocenters. The van der Waals surface area contributed by atoms with Crippen molar-refractivity contribution in [1.82, 2.24) is 0 Å². The average Bonchev–Trinajstić information content (AvgIpc) is 2.24. The van der Waals surface area contributed by atoms with E-state index >= 15 is 0 Å². The highest BCUT2D eigenvalue weighted by Gasteiger charge is 2.31. The van der Waals surface area contributed by atoms with Gasteiger partial charge in [0.1, 0.15) is 0 Å². The van der Waals surface area contributed by atoms with E-state index in [0.29, 0.717) is 24.9 Å². The van der Waals surface area contributed by atoms with Crippen LogP contribution in [0.1, 0.15) is 30.0 Å². The molecular formula is C11H15Cl2F3N2. The molecule has 1 rings (SSSR count). The Hall–Kier alpha value is -0.490. The topological polar surface area (TPSA) is 52.0 Å². The van der Waals surface area contributed by atoms with Crippen LogP contribution in [-0.4, -0.2) is 6.54 Å². The monoisotopic (exact) mass is 302 g/mol. The molecule has 7 heteroatoms. The van der Waals surface area contributed by atoms with Gasteiger partial charge in [0.2, 0.25) is 0 Å². The molecule has 18 heavy (non-hydrogen) atoms. The molecule has 0 saturated heterocycles. The van der Waals surface area contributed by atoms with Crippen LogP contribution in [0.3, 0.4) is 0 Å². The van der Waals surface area contributed by atoms with E-state index in [-0.39, 0.29) is 17.4 Å². The SMILES string of the molecule is Cl.NCCC[C@@H](N)c1cc(C(F)(F)F)ccc1Cl. The van der Waals surface area contributed by atoms with E-state index in [9.17, 15) is 13.2 Å². The van der Waals surface area contributed by atoms with E-state index in [1.54, 1.807) is 0 Å². The molecule has 0 aromatic heterocycles. The van der Waals surface area contributed by atoms with Gasteiger partial charge in [-0.25, -0.2) is 0 Å². The van der Waals surface area contributed by atoms with Crippen LogP contribution in [0.4, 0.5) is 13.2 Å². The second kappa shape index (κ2) is 7.19. The van der Waals surface area contributed by atoms with Crippen LogP contribution in [0, 0.1) is 0 Å². The first kappa shape index (κ1) is 17.5. The number of hydrogen-bond donors (Lipinski definition) is 2. The van der Waals surface area contributed by atoms with Crippen molar-refractivity contribution in [2.45, 2.75) is 25.1 Å². The van der Waals surface area contributed by atoms with Crippen LogP contribution >= 0.6 is 24.0 Å². The molecule has 0 saturated carbocycles. The summed E-state index contributed by atoms with van der Waals surface area (Å²) in [5.74, 6) is 0. The Morgan fingerprint density at radius 1 is 1.28 bits per heavy atom. The van der Waals surface area contributed by atoms with Crippen LogP contribution in [0.25, 0.3) is 0 Å². The van der Waals surface area contributed by atoms with E-state index in [4.69, 9.17) is 23.1 Å². The third kappa shape index (κ3) is 4.65. The molecule has 0 aliphatic carbocycles. The summed E-state index contributed by atoms with van der Waals surface area (Å²) in [6.45, 7) is 0.449. The molecular weight excluding hydrogens is 288 g/mol. The maximum atomic E-state index is 12.5. The molecule has 0 amide bonds. The van der Waals surface area contributed by atoms with E-state index < -0.39 is 17.8 Å². The van der Waals surface area contributed by atoms with E-state index in [2.05, 4.69) is 0 Å². The number of halogens is 5. The van der Waals surface area contributed by atoms with E-state index in [0.717, 1.165) is 12.1 Å². The van der Waals surface area contributed by atoms with Gasteiger partial charge >= 0.3 is 6.18 Å². The maximum absolute atomic E-state index is 12.5. The fraction of sp³-hybridized carbons (Fsp3) is 0.455. The van der Waals surface area contributed by atoms with Crippen LogP contribution in [0.15, 0.2) is 18.2 Å². The van der Waals surface area contributed by atoms with Gasteiger partial charge in [0.25, 0.3) is 0 Å². The molecule has 0 heterocycles. The van der Waals surface area contributed by atoms with Crippen LogP contribution in [0.2, 0.25) is 5.02 Å². The zero-order valence-corrected chi connectivity index (χ0v) is 11.1. The number of hydrogen-bond acceptors (Lipinski definition) is 2. The summed E-state index contributed by atoms with van der Waals surface area (Å²) in [5, 5.41) is 0.252. The Bertz CT molecular complexity index is 383. The lowest BCUT2D eigenvalue weighted by molar-refractivity contribution is -0.137. The molecule has 104 valence electrons. The van der Waals surface area contributed by atoms with Gasteiger partial charge in [0, 0.05) is 11.1 Å². The lowest BCUT2D eigenvalue weighted by atomic mass is 10.0. The van der Waals surface area contributed by atoms with Crippen molar-refractivity contribution in [3.8, 4) is 0 Å². The highest BCUT2D eigenvalue weighted by molar-refractivity contribution is 6.31. The minimum absolute atomic E-state index is 0. The second-order valence-corrected chi connectivity index (χ2v) is 4.18. The van der Waals surface area contributed by atoms with Crippen molar-refractivity contribution in [3.63, 3.8) is 0 Å². The summed E-state index contributed by atoms with van der Waals surface area (Å²) in [4.78, 5) is 0. The highest BCUT2D eigenvalue weighted by Crippen LogP contribution is 2.34. The first-order chi connectivity index (χ1) is 7.86. The van der Waals surface area contributed by atoms with E-state index in [1.165, 1.54) is 6.07 Å². The standard InChI is InChI=1S/C11H14ClF3N2.ClH/c12-9-4-3-7(11(13,14)15)6-8(9)10(17)2-1-5-16;/h3-4,6,10H,1-2,5,16-17H2;1H/t10-;/m1./s1. The molecule has 0 spiro atoms. The molecule has 0 bridgehead atoms. The fourth-order valence-electron chi connectivity index (χ4n) is 1.50. The summed E-state index contributed by atoms with van der Waals surface area (Å²) >= 11 is 5.84. The van der Waals surface area contributed by atoms with Gasteiger partial charge in [-0.1, -0.05) is 11.6 Å². The number of nitrogens with two attached hydrogens (primary N) is 2. The first-order valence-electron chi connectivity index (χ1n) is 5.18. The highest BCUT2D eigenvalue weighted by atomic mass is 35.5. The van der Waals surface area contributed by atoms with E-state index in [1.807, 2.05) is 0 Å². The average molecular weight is 303 g/mol. The van der Waals surface area contributed by atoms with Crippen molar-refractivity contribution in [1.29, 1.82) is 0 Å². The lowest BCUT2D eigenvalue weighted by Crippen LogP contribution is -2.14. The van der Waals surface area contributed by atoms with Gasteiger partial charge in [-0.15, -0.1) is 12.4 Å². The molecule has 1 aromatic rings. The minimum atomic E-state index is -4.38. The summed E-state index contributed by atoms with van der Waals surface area (Å²) in [6.07, 6.45) is -3.22. The lowest BCUT2D eigenvalue weighted by Gasteiger charge is -2.15. The predicted molar refractivity (Wildman–Crippen MR) is 68.9 cm³/mol. The number of alkyl halides is 3. The number of rotatable bonds is 4. The Morgan fingerprint density at radius 2 is 1.89 bits per heavy atom. The van der Waals surface area contributed by atoms with Crippen LogP contribution in [0.5, 0.6) is 0 Å². The third-order valence-electron chi connectivity index (χ3n) is 2.44. The predicted octanol–water partition coefficient (Wildman–Crippen LogP) is 3.52. The Morgan fingerprint density at radius 3 is 2.39 bits per heavy atom. The molecule has 0 unspecified atom stereocenters. The van der Waals surface area contributed by atoms with Crippen molar-refractivity contribution in [2.24, 2.45) is 11.5 Å². The van der Waals surface area contributed by atoms with Crippen LogP contribution in [-0.2, 0) is 6.18 Å². The van der Waals surface area contributed by atoms with Crippen LogP contribution < -0.4 is 11.5 Å². The van der Waals surface area contributed by atoms with Gasteiger partial charge in [0.05, 0.1) is 5.56 Å². The van der Waals surface area contributed by atoms with Gasteiger partial charge < -0.3 is 11.5 Å². The van der Waals surface area contributed by atoms with Crippen molar-refractivity contribution < 1.29 is 13.2 Å². The zero-order valence-electron chi connectivity index (χ0n) is 9.51. The minimum Gasteiger partial charge on any atom is -0.330 e. The zero-order chi connectivity index (χ0) is 13.1.